The highest BCUT2D eigenvalue weighted by molar-refractivity contribution is 6.39. The fourth-order valence-electron chi connectivity index (χ4n) is 4.31. The van der Waals surface area contributed by atoms with Crippen LogP contribution in [0.2, 0.25) is 10.0 Å². The molecule has 192 valence electrons. The Balaban J connectivity index is 1.41. The van der Waals surface area contributed by atoms with Crippen LogP contribution in [-0.4, -0.2) is 23.2 Å². The Kier molecular flexibility index (Phi) is 7.63. The van der Waals surface area contributed by atoms with E-state index in [1.165, 1.54) is 13.3 Å². The third-order valence-electron chi connectivity index (χ3n) is 6.23. The third-order valence-corrected chi connectivity index (χ3v) is 6.86. The summed E-state index contributed by atoms with van der Waals surface area (Å²) in [5.74, 6) is 1.04. The lowest BCUT2D eigenvalue weighted by Gasteiger charge is -2.11. The van der Waals surface area contributed by atoms with Crippen molar-refractivity contribution >= 4 is 39.9 Å². The van der Waals surface area contributed by atoms with Crippen LogP contribution in [-0.2, 0) is 17.8 Å². The Bertz CT molecular complexity index is 1610. The van der Waals surface area contributed by atoms with Gasteiger partial charge in [-0.2, -0.15) is 0 Å². The summed E-state index contributed by atoms with van der Waals surface area (Å²) in [5, 5.41) is 7.34. The van der Waals surface area contributed by atoms with Gasteiger partial charge in [-0.25, -0.2) is 4.79 Å². The van der Waals surface area contributed by atoms with E-state index in [1.807, 2.05) is 36.4 Å². The van der Waals surface area contributed by atoms with E-state index in [0.717, 1.165) is 46.1 Å². The van der Waals surface area contributed by atoms with Crippen LogP contribution in [0.15, 0.2) is 77.6 Å². The van der Waals surface area contributed by atoms with Gasteiger partial charge in [-0.3, -0.25) is 4.98 Å². The maximum atomic E-state index is 11.9. The van der Waals surface area contributed by atoms with Gasteiger partial charge in [0.1, 0.15) is 23.8 Å². The van der Waals surface area contributed by atoms with E-state index in [1.54, 1.807) is 30.5 Å². The largest absolute Gasteiger partial charge is 0.489 e. The molecule has 5 aromatic rings. The Hall–Kier alpha value is -3.87. The summed E-state index contributed by atoms with van der Waals surface area (Å²) < 4.78 is 16.7. The first-order valence-electron chi connectivity index (χ1n) is 12.1. The average molecular weight is 547 g/mol. The Morgan fingerprint density at radius 1 is 0.947 bits per heavy atom. The van der Waals surface area contributed by atoms with Gasteiger partial charge in [-0.05, 0) is 59.2 Å². The molecule has 0 aliphatic heterocycles. The second-order valence-electron chi connectivity index (χ2n) is 8.75. The van der Waals surface area contributed by atoms with Gasteiger partial charge < -0.3 is 14.0 Å². The molecule has 6 nitrogen and oxygen atoms in total. The number of rotatable bonds is 8. The first kappa shape index (κ1) is 25.8. The molecule has 0 aliphatic carbocycles. The van der Waals surface area contributed by atoms with Crippen LogP contribution in [0.1, 0.15) is 35.0 Å². The number of carbonyl (C=O) groups is 1. The van der Waals surface area contributed by atoms with Crippen LogP contribution in [0.5, 0.6) is 5.75 Å². The van der Waals surface area contributed by atoms with Crippen LogP contribution < -0.4 is 4.74 Å². The Morgan fingerprint density at radius 2 is 1.71 bits per heavy atom. The zero-order chi connectivity index (χ0) is 26.6. The molecule has 0 N–H and O–H groups in total. The van der Waals surface area contributed by atoms with Gasteiger partial charge in [-0.15, -0.1) is 0 Å². The SMILES string of the molecule is CCCc1onc(-c2c(Cl)cccc2Cl)c1COc1ccc2cc(-c3cncc(C(=O)OC)c3)ccc2c1. The van der Waals surface area contributed by atoms with E-state index in [2.05, 4.69) is 17.1 Å². The Labute approximate surface area is 230 Å². The molecule has 2 aromatic heterocycles. The van der Waals surface area contributed by atoms with Gasteiger partial charge in [0.2, 0.25) is 0 Å². The molecule has 38 heavy (non-hydrogen) atoms. The highest BCUT2D eigenvalue weighted by Crippen LogP contribution is 2.38. The molecule has 3 aromatic carbocycles. The molecule has 5 rings (SSSR count). The predicted octanol–water partition coefficient (Wildman–Crippen LogP) is 8.18. The van der Waals surface area contributed by atoms with Crippen molar-refractivity contribution in [3.63, 3.8) is 0 Å². The molecule has 0 bridgehead atoms. The fraction of sp³-hybridized carbons (Fsp3) is 0.167. The van der Waals surface area contributed by atoms with Crippen molar-refractivity contribution in [1.29, 1.82) is 0 Å². The molecule has 0 fully saturated rings. The quantitative estimate of drug-likeness (QED) is 0.182. The van der Waals surface area contributed by atoms with Gasteiger partial charge in [0.25, 0.3) is 0 Å². The first-order valence-corrected chi connectivity index (χ1v) is 12.9. The average Bonchev–Trinajstić information content (AvgIpc) is 3.33. The molecule has 0 amide bonds. The van der Waals surface area contributed by atoms with Crippen molar-refractivity contribution in [2.75, 3.05) is 7.11 Å². The maximum Gasteiger partial charge on any atom is 0.339 e. The van der Waals surface area contributed by atoms with Gasteiger partial charge in [0.15, 0.2) is 0 Å². The molecular weight excluding hydrogens is 523 g/mol. The number of aromatic nitrogens is 2. The van der Waals surface area contributed by atoms with E-state index < -0.39 is 5.97 Å². The predicted molar refractivity (Wildman–Crippen MR) is 149 cm³/mol. The molecule has 0 aliphatic rings. The summed E-state index contributed by atoms with van der Waals surface area (Å²) >= 11 is 12.9. The highest BCUT2D eigenvalue weighted by atomic mass is 35.5. The molecule has 8 heteroatoms. The number of nitrogens with zero attached hydrogens (tertiary/aromatic N) is 2. The minimum absolute atomic E-state index is 0.255. The van der Waals surface area contributed by atoms with Crippen molar-refractivity contribution in [3.8, 4) is 28.1 Å². The molecule has 0 atom stereocenters. The monoisotopic (exact) mass is 546 g/mol. The standard InChI is InChI=1S/C30H24Cl2N2O4/c1-3-5-27-24(29(34-38-27)28-25(31)6-4-7-26(28)32)17-37-23-11-10-18-12-19(8-9-20(18)14-23)21-13-22(16-33-15-21)30(35)36-2/h4,6-16H,3,5,17H2,1-2H3. The molecule has 0 unspecified atom stereocenters. The van der Waals surface area contributed by atoms with Crippen LogP contribution in [0, 0.1) is 0 Å². The maximum absolute atomic E-state index is 11.9. The number of hydrogen-bond acceptors (Lipinski definition) is 6. The minimum Gasteiger partial charge on any atom is -0.489 e. The molecule has 0 spiro atoms. The number of benzene rings is 3. The van der Waals surface area contributed by atoms with Gasteiger partial charge in [0.05, 0.1) is 28.3 Å². The summed E-state index contributed by atoms with van der Waals surface area (Å²) in [6.07, 6.45) is 4.84. The van der Waals surface area contributed by atoms with Gasteiger partial charge in [0, 0.05) is 29.9 Å². The smallest absolute Gasteiger partial charge is 0.339 e. The second-order valence-corrected chi connectivity index (χ2v) is 9.56. The van der Waals surface area contributed by atoms with Crippen molar-refractivity contribution in [1.82, 2.24) is 10.1 Å². The van der Waals surface area contributed by atoms with E-state index in [9.17, 15) is 4.79 Å². The van der Waals surface area contributed by atoms with Crippen molar-refractivity contribution in [2.24, 2.45) is 0 Å². The van der Waals surface area contributed by atoms with Crippen molar-refractivity contribution in [3.05, 3.63) is 100.0 Å². The lowest BCUT2D eigenvalue weighted by Crippen LogP contribution is -2.01. The number of hydrogen-bond donors (Lipinski definition) is 0. The van der Waals surface area contributed by atoms with Gasteiger partial charge in [-0.1, -0.05) is 59.5 Å². The lowest BCUT2D eigenvalue weighted by molar-refractivity contribution is 0.0600. The summed E-state index contributed by atoms with van der Waals surface area (Å²) in [5.41, 5.74) is 4.24. The molecule has 0 saturated heterocycles. The lowest BCUT2D eigenvalue weighted by atomic mass is 10.0. The zero-order valence-electron chi connectivity index (χ0n) is 20.8. The van der Waals surface area contributed by atoms with Crippen molar-refractivity contribution < 1.29 is 18.8 Å². The summed E-state index contributed by atoms with van der Waals surface area (Å²) in [6, 6.07) is 19.1. The number of fused-ring (bicyclic) bond motifs is 1. The Morgan fingerprint density at radius 3 is 2.47 bits per heavy atom. The highest BCUT2D eigenvalue weighted by Gasteiger charge is 2.22. The van der Waals surface area contributed by atoms with E-state index in [0.29, 0.717) is 32.6 Å². The minimum atomic E-state index is -0.420. The fourth-order valence-corrected chi connectivity index (χ4v) is 4.89. The molecular formula is C30H24Cl2N2O4. The van der Waals surface area contributed by atoms with Gasteiger partial charge >= 0.3 is 5.97 Å². The number of esters is 1. The number of carbonyl (C=O) groups excluding carboxylic acids is 1. The third kappa shape index (κ3) is 5.23. The van der Waals surface area contributed by atoms with E-state index in [-0.39, 0.29) is 6.61 Å². The first-order chi connectivity index (χ1) is 18.5. The van der Waals surface area contributed by atoms with E-state index >= 15 is 0 Å². The van der Waals surface area contributed by atoms with Crippen LogP contribution >= 0.6 is 23.2 Å². The number of methoxy groups -OCH3 is 1. The second kappa shape index (κ2) is 11.3. The number of halogens is 2. The van der Waals surface area contributed by atoms with Crippen molar-refractivity contribution in [2.45, 2.75) is 26.4 Å². The van der Waals surface area contributed by atoms with Crippen LogP contribution in [0.4, 0.5) is 0 Å². The normalized spacial score (nSPS) is 11.1. The molecule has 0 radical (unpaired) electrons. The summed E-state index contributed by atoms with van der Waals surface area (Å²) in [4.78, 5) is 16.1. The topological polar surface area (TPSA) is 74.5 Å². The van der Waals surface area contributed by atoms with Crippen LogP contribution in [0.25, 0.3) is 33.2 Å². The number of pyridine rings is 1. The van der Waals surface area contributed by atoms with Crippen LogP contribution in [0.3, 0.4) is 0 Å². The molecule has 2 heterocycles. The van der Waals surface area contributed by atoms with E-state index in [4.69, 9.17) is 37.2 Å². The number of ether oxygens (including phenoxy) is 2. The molecule has 0 saturated carbocycles. The number of aryl methyl sites for hydroxylation is 1. The summed E-state index contributed by atoms with van der Waals surface area (Å²) in [6.45, 7) is 2.33. The zero-order valence-corrected chi connectivity index (χ0v) is 22.3. The summed E-state index contributed by atoms with van der Waals surface area (Å²) in [7, 11) is 1.35.